The molecule has 2 aromatic heterocycles. The summed E-state index contributed by atoms with van der Waals surface area (Å²) < 4.78 is 34.3. The third kappa shape index (κ3) is 6.90. The van der Waals surface area contributed by atoms with Crippen LogP contribution in [-0.2, 0) is 22.6 Å². The van der Waals surface area contributed by atoms with Crippen molar-refractivity contribution < 1.29 is 27.9 Å². The molecule has 1 saturated carbocycles. The van der Waals surface area contributed by atoms with Crippen molar-refractivity contribution in [1.29, 1.82) is 0 Å². The number of halogens is 2. The molecule has 1 aliphatic carbocycles. The molecule has 7 aliphatic rings. The maximum absolute atomic E-state index is 13.9. The number of aromatic amines is 1. The molecule has 2 N–H and O–H groups in total. The zero-order valence-corrected chi connectivity index (χ0v) is 35.3. The number of piperazine rings is 1. The molecule has 3 amide bonds. The highest BCUT2D eigenvalue weighted by atomic mass is 19.3. The average Bonchev–Trinajstić information content (AvgIpc) is 3.81. The quantitative estimate of drug-likeness (QED) is 0.224. The molecule has 1 spiro atoms. The molecule has 326 valence electrons. The number of H-pyrrole nitrogens is 1. The van der Waals surface area contributed by atoms with Crippen LogP contribution in [0.1, 0.15) is 97.1 Å². The predicted octanol–water partition coefficient (Wildman–Crippen LogP) is 5.68. The molecule has 0 bridgehead atoms. The van der Waals surface area contributed by atoms with Gasteiger partial charge in [-0.05, 0) is 93.4 Å². The fourth-order valence-corrected chi connectivity index (χ4v) is 12.2. The molecule has 2 aromatic carbocycles. The third-order valence-electron chi connectivity index (χ3n) is 15.6. The molecule has 4 fully saturated rings. The number of aromatic nitrogens is 3. The Morgan fingerprint density at radius 2 is 1.71 bits per heavy atom. The van der Waals surface area contributed by atoms with E-state index in [-0.39, 0.29) is 42.9 Å². The minimum atomic E-state index is -2.44. The normalized spacial score (nSPS) is 26.7. The Kier molecular flexibility index (Phi) is 9.97. The summed E-state index contributed by atoms with van der Waals surface area (Å²) in [4.78, 5) is 61.9. The Morgan fingerprint density at radius 3 is 2.48 bits per heavy atom. The van der Waals surface area contributed by atoms with Gasteiger partial charge in [0.1, 0.15) is 18.4 Å². The van der Waals surface area contributed by atoms with Gasteiger partial charge in [0.2, 0.25) is 17.8 Å². The Hall–Kier alpha value is -5.15. The number of anilines is 2. The lowest BCUT2D eigenvalue weighted by Crippen LogP contribution is -2.58. The van der Waals surface area contributed by atoms with E-state index in [1.165, 1.54) is 31.2 Å². The number of benzene rings is 2. The number of carbonyl (C=O) groups is 3. The minimum Gasteiger partial charge on any atom is -0.489 e. The Labute approximate surface area is 360 Å². The second kappa shape index (κ2) is 15.6. The summed E-state index contributed by atoms with van der Waals surface area (Å²) in [6.45, 7) is 8.39. The zero-order chi connectivity index (χ0) is 42.3. The number of piperidine rings is 2. The summed E-state index contributed by atoms with van der Waals surface area (Å²) in [5, 5.41) is 3.55. The van der Waals surface area contributed by atoms with Crippen LogP contribution in [0.5, 0.6) is 5.75 Å². The minimum absolute atomic E-state index is 0.0517. The first kappa shape index (κ1) is 39.7. The number of rotatable bonds is 7. The van der Waals surface area contributed by atoms with Gasteiger partial charge in [-0.3, -0.25) is 29.5 Å². The van der Waals surface area contributed by atoms with Gasteiger partial charge in [0.05, 0.1) is 30.9 Å². The monoisotopic (exact) mass is 847 g/mol. The van der Waals surface area contributed by atoms with Crippen molar-refractivity contribution in [2.75, 3.05) is 62.2 Å². The Balaban J connectivity index is 0.684. The number of hydrogen-bond donors (Lipinski definition) is 2. The van der Waals surface area contributed by atoms with E-state index < -0.39 is 18.4 Å². The predicted molar refractivity (Wildman–Crippen MR) is 229 cm³/mol. The van der Waals surface area contributed by atoms with Crippen LogP contribution in [-0.4, -0.2) is 124 Å². The summed E-state index contributed by atoms with van der Waals surface area (Å²) >= 11 is 0. The first-order valence-corrected chi connectivity index (χ1v) is 22.7. The first-order chi connectivity index (χ1) is 30.1. The highest BCUT2D eigenvalue weighted by Crippen LogP contribution is 2.48. The number of hydrogen-bond acceptors (Lipinski definition) is 10. The van der Waals surface area contributed by atoms with Crippen LogP contribution in [0.15, 0.2) is 48.8 Å². The van der Waals surface area contributed by atoms with Gasteiger partial charge < -0.3 is 24.4 Å². The lowest BCUT2D eigenvalue weighted by Gasteiger charge is -2.48. The largest absolute Gasteiger partial charge is 0.489 e. The maximum Gasteiger partial charge on any atom is 0.255 e. The molecule has 11 rings (SSSR count). The lowest BCUT2D eigenvalue weighted by molar-refractivity contribution is -0.136. The van der Waals surface area contributed by atoms with Crippen LogP contribution in [0, 0.1) is 11.3 Å². The number of alkyl halides is 2. The van der Waals surface area contributed by atoms with E-state index >= 15 is 0 Å². The molecule has 0 radical (unpaired) electrons. The van der Waals surface area contributed by atoms with Crippen LogP contribution >= 0.6 is 0 Å². The molecule has 1 unspecified atom stereocenters. The number of amides is 3. The molecular weight excluding hydrogens is 793 g/mol. The van der Waals surface area contributed by atoms with Gasteiger partial charge in [-0.2, -0.15) is 0 Å². The summed E-state index contributed by atoms with van der Waals surface area (Å²) in [5.41, 5.74) is 6.86. The van der Waals surface area contributed by atoms with Crippen LogP contribution in [0.2, 0.25) is 0 Å². The Bertz CT molecular complexity index is 2390. The smallest absolute Gasteiger partial charge is 0.255 e. The van der Waals surface area contributed by atoms with E-state index in [1.807, 2.05) is 48.5 Å². The summed E-state index contributed by atoms with van der Waals surface area (Å²) in [7, 11) is 0. The van der Waals surface area contributed by atoms with Gasteiger partial charge in [-0.25, -0.2) is 18.7 Å². The fraction of sp³-hybridized carbons (Fsp3) is 0.553. The maximum atomic E-state index is 13.9. The van der Waals surface area contributed by atoms with Crippen molar-refractivity contribution in [3.8, 4) is 5.75 Å². The SMILES string of the molecule is C[C@@H]1Cc2c([nH]c3ccccc23)[C@@H](c2cnc(N3CCC4(CCC(CN5CCN6c7ccc8c(c7OC[C@H]6C5)CN(C5CCC(=O)NC5=O)C8=O)CC4)CC3)nc2)N1CC(F)F. The van der Waals surface area contributed by atoms with Crippen molar-refractivity contribution in [3.05, 3.63) is 76.7 Å². The van der Waals surface area contributed by atoms with Gasteiger partial charge in [-0.1, -0.05) is 18.2 Å². The van der Waals surface area contributed by atoms with Crippen molar-refractivity contribution in [2.45, 2.75) is 102 Å². The van der Waals surface area contributed by atoms with Crippen molar-refractivity contribution >= 4 is 40.3 Å². The van der Waals surface area contributed by atoms with Crippen molar-refractivity contribution in [1.82, 2.24) is 35.0 Å². The Morgan fingerprint density at radius 1 is 0.919 bits per heavy atom. The topological polar surface area (TPSA) is 130 Å². The second-order valence-electron chi connectivity index (χ2n) is 19.1. The molecule has 6 aliphatic heterocycles. The van der Waals surface area contributed by atoms with Gasteiger partial charge in [0.15, 0.2) is 0 Å². The van der Waals surface area contributed by atoms with Crippen molar-refractivity contribution in [3.63, 3.8) is 0 Å². The number of para-hydroxylation sites is 1. The third-order valence-corrected chi connectivity index (χ3v) is 15.6. The fourth-order valence-electron chi connectivity index (χ4n) is 12.2. The molecule has 13 nitrogen and oxygen atoms in total. The van der Waals surface area contributed by atoms with Gasteiger partial charge in [0.25, 0.3) is 12.3 Å². The van der Waals surface area contributed by atoms with E-state index in [4.69, 9.17) is 14.7 Å². The number of nitrogens with zero attached hydrogens (tertiary/aromatic N) is 7. The highest BCUT2D eigenvalue weighted by molar-refractivity contribution is 6.06. The van der Waals surface area contributed by atoms with Crippen LogP contribution in [0.4, 0.5) is 20.4 Å². The summed E-state index contributed by atoms with van der Waals surface area (Å²) in [5.74, 6) is 1.30. The standard InChI is InChI=1S/C47H55F2N9O4/c1-28-20-34-32-4-2-3-5-36(32)52-41(34)42(57(28)26-39(48)49)30-21-50-46(51-22-30)55-16-14-47(15-17-55)12-10-29(11-13-47)23-54-18-19-56-31(24-54)27-62-43-35-25-58(38-8-9-40(59)53-44(38)60)45(61)33(35)6-7-37(43)56/h2-7,21-22,28-29,31,38-39,42,52H,8-20,23-27H2,1H3,(H,53,59,60)/t28-,31-,38?,42-/m1/s1. The van der Waals surface area contributed by atoms with E-state index in [0.717, 1.165) is 97.2 Å². The van der Waals surface area contributed by atoms with Crippen molar-refractivity contribution in [2.24, 2.45) is 11.3 Å². The zero-order valence-electron chi connectivity index (χ0n) is 35.3. The van der Waals surface area contributed by atoms with Gasteiger partial charge >= 0.3 is 0 Å². The van der Waals surface area contributed by atoms with Crippen LogP contribution < -0.4 is 19.9 Å². The average molecular weight is 848 g/mol. The molecular formula is C47H55F2N9O4. The van der Waals surface area contributed by atoms with Crippen LogP contribution in [0.25, 0.3) is 10.9 Å². The van der Waals surface area contributed by atoms with Gasteiger partial charge in [0, 0.05) is 97.4 Å². The number of nitrogens with one attached hydrogen (secondary N) is 2. The number of carbonyl (C=O) groups excluding carboxylic acids is 3. The molecule has 4 aromatic rings. The summed E-state index contributed by atoms with van der Waals surface area (Å²) in [6.07, 6.45) is 9.80. The number of ether oxygens (including phenoxy) is 1. The molecule has 8 heterocycles. The van der Waals surface area contributed by atoms with E-state index in [0.29, 0.717) is 42.9 Å². The number of imide groups is 1. The van der Waals surface area contributed by atoms with E-state index in [9.17, 15) is 23.2 Å². The molecule has 62 heavy (non-hydrogen) atoms. The molecule has 15 heteroatoms. The lowest BCUT2D eigenvalue weighted by atomic mass is 9.65. The molecule has 4 atom stereocenters. The molecule has 3 saturated heterocycles. The number of fused-ring (bicyclic) bond motifs is 8. The van der Waals surface area contributed by atoms with E-state index in [2.05, 4.69) is 37.1 Å². The van der Waals surface area contributed by atoms with E-state index in [1.54, 1.807) is 4.90 Å². The second-order valence-corrected chi connectivity index (χ2v) is 19.1. The summed E-state index contributed by atoms with van der Waals surface area (Å²) in [6, 6.07) is 11.3. The highest BCUT2D eigenvalue weighted by Gasteiger charge is 2.44. The first-order valence-electron chi connectivity index (χ1n) is 22.7. The van der Waals surface area contributed by atoms with Crippen LogP contribution in [0.3, 0.4) is 0 Å². The van der Waals surface area contributed by atoms with Gasteiger partial charge in [-0.15, -0.1) is 0 Å².